The molecule has 2 atom stereocenters. The summed E-state index contributed by atoms with van der Waals surface area (Å²) in [7, 11) is 0. The quantitative estimate of drug-likeness (QED) is 0.906. The van der Waals surface area contributed by atoms with Gasteiger partial charge in [0.1, 0.15) is 0 Å². The number of carbonyl (C=O) groups excluding carboxylic acids is 2. The summed E-state index contributed by atoms with van der Waals surface area (Å²) in [6.07, 6.45) is 2.96. The van der Waals surface area contributed by atoms with E-state index in [0.717, 1.165) is 12.1 Å². The zero-order valence-corrected chi connectivity index (χ0v) is 13.1. The van der Waals surface area contributed by atoms with Gasteiger partial charge in [-0.3, -0.25) is 9.59 Å². The lowest BCUT2D eigenvalue weighted by Crippen LogP contribution is -2.36. The molecule has 2 aliphatic rings. The summed E-state index contributed by atoms with van der Waals surface area (Å²) < 4.78 is 0. The molecule has 1 N–H and O–H groups in total. The summed E-state index contributed by atoms with van der Waals surface area (Å²) >= 11 is 0. The molecule has 3 rings (SSSR count). The number of likely N-dealkylation sites (tertiary alicyclic amines) is 1. The zero-order chi connectivity index (χ0) is 15.5. The molecule has 0 bridgehead atoms. The topological polar surface area (TPSA) is 49.4 Å². The van der Waals surface area contributed by atoms with Crippen LogP contribution in [0.3, 0.4) is 0 Å². The molecule has 1 aromatic carbocycles. The highest BCUT2D eigenvalue weighted by molar-refractivity contribution is 5.83. The van der Waals surface area contributed by atoms with Crippen molar-refractivity contribution in [1.29, 1.82) is 0 Å². The average Bonchev–Trinajstić information content (AvgIpc) is 3.28. The first-order valence-electron chi connectivity index (χ1n) is 8.29. The molecule has 118 valence electrons. The lowest BCUT2D eigenvalue weighted by atomic mass is 9.88. The van der Waals surface area contributed by atoms with Crippen molar-refractivity contribution in [2.75, 3.05) is 19.6 Å². The maximum atomic E-state index is 12.6. The van der Waals surface area contributed by atoms with Gasteiger partial charge in [0.15, 0.2) is 0 Å². The molecular weight excluding hydrogens is 276 g/mol. The number of nitrogens with one attached hydrogen (secondary N) is 1. The third-order valence-electron chi connectivity index (χ3n) is 4.80. The predicted molar refractivity (Wildman–Crippen MR) is 85.3 cm³/mol. The Hall–Kier alpha value is -1.84. The first-order chi connectivity index (χ1) is 10.7. The summed E-state index contributed by atoms with van der Waals surface area (Å²) in [6, 6.07) is 10.1. The number of rotatable bonds is 5. The van der Waals surface area contributed by atoms with Crippen LogP contribution in [0.4, 0.5) is 0 Å². The highest BCUT2D eigenvalue weighted by Gasteiger charge is 2.40. The number of hydrogen-bond acceptors (Lipinski definition) is 2. The summed E-state index contributed by atoms with van der Waals surface area (Å²) in [4.78, 5) is 26.4. The second kappa shape index (κ2) is 6.51. The molecule has 0 radical (unpaired) electrons. The Bertz CT molecular complexity index is 539. The summed E-state index contributed by atoms with van der Waals surface area (Å²) in [5.41, 5.74) is 1.15. The molecule has 2 unspecified atom stereocenters. The van der Waals surface area contributed by atoms with Crippen LogP contribution in [-0.2, 0) is 9.59 Å². The van der Waals surface area contributed by atoms with Gasteiger partial charge in [-0.05, 0) is 24.3 Å². The fourth-order valence-electron chi connectivity index (χ4n) is 3.23. The van der Waals surface area contributed by atoms with Crippen LogP contribution in [0.15, 0.2) is 30.3 Å². The smallest absolute Gasteiger partial charge is 0.225 e. The molecule has 0 aromatic heterocycles. The minimum absolute atomic E-state index is 0.104. The van der Waals surface area contributed by atoms with Gasteiger partial charge in [-0.15, -0.1) is 0 Å². The molecule has 1 saturated carbocycles. The number of hydrogen-bond donors (Lipinski definition) is 1. The third kappa shape index (κ3) is 3.32. The normalized spacial score (nSPS) is 24.3. The van der Waals surface area contributed by atoms with Crippen LogP contribution < -0.4 is 5.32 Å². The first kappa shape index (κ1) is 15.1. The van der Waals surface area contributed by atoms with Crippen molar-refractivity contribution in [2.24, 2.45) is 11.8 Å². The number of amides is 2. The second-order valence-corrected chi connectivity index (χ2v) is 6.46. The largest absolute Gasteiger partial charge is 0.356 e. The Morgan fingerprint density at radius 1 is 1.18 bits per heavy atom. The van der Waals surface area contributed by atoms with E-state index in [9.17, 15) is 9.59 Å². The minimum atomic E-state index is -0.128. The van der Waals surface area contributed by atoms with Crippen LogP contribution in [0.1, 0.15) is 37.7 Å². The lowest BCUT2D eigenvalue weighted by molar-refractivity contribution is -0.130. The fraction of sp³-hybridized carbons (Fsp3) is 0.556. The Morgan fingerprint density at radius 3 is 2.55 bits per heavy atom. The number of carbonyl (C=O) groups is 2. The van der Waals surface area contributed by atoms with Gasteiger partial charge >= 0.3 is 0 Å². The Kier molecular flexibility index (Phi) is 4.46. The molecule has 1 heterocycles. The van der Waals surface area contributed by atoms with E-state index in [-0.39, 0.29) is 23.7 Å². The van der Waals surface area contributed by atoms with E-state index in [1.165, 1.54) is 12.8 Å². The molecule has 22 heavy (non-hydrogen) atoms. The van der Waals surface area contributed by atoms with Crippen LogP contribution >= 0.6 is 0 Å². The zero-order valence-electron chi connectivity index (χ0n) is 13.1. The van der Waals surface area contributed by atoms with Crippen molar-refractivity contribution in [3.8, 4) is 0 Å². The average molecular weight is 300 g/mol. The van der Waals surface area contributed by atoms with Crippen LogP contribution in [0, 0.1) is 11.8 Å². The maximum Gasteiger partial charge on any atom is 0.225 e. The number of nitrogens with zero attached hydrogens (tertiary/aromatic N) is 1. The minimum Gasteiger partial charge on any atom is -0.356 e. The predicted octanol–water partition coefficient (Wildman–Crippen LogP) is 2.16. The van der Waals surface area contributed by atoms with E-state index in [1.54, 1.807) is 0 Å². The molecule has 1 aromatic rings. The van der Waals surface area contributed by atoms with Gasteiger partial charge < -0.3 is 10.2 Å². The monoisotopic (exact) mass is 300 g/mol. The number of benzene rings is 1. The molecule has 2 fully saturated rings. The van der Waals surface area contributed by atoms with Crippen LogP contribution in [0.5, 0.6) is 0 Å². The highest BCUT2D eigenvalue weighted by Crippen LogP contribution is 2.34. The van der Waals surface area contributed by atoms with Gasteiger partial charge in [-0.1, -0.05) is 37.3 Å². The Labute approximate surface area is 131 Å². The van der Waals surface area contributed by atoms with Gasteiger partial charge in [-0.25, -0.2) is 0 Å². The van der Waals surface area contributed by atoms with Crippen molar-refractivity contribution in [2.45, 2.75) is 32.1 Å². The highest BCUT2D eigenvalue weighted by atomic mass is 16.2. The van der Waals surface area contributed by atoms with Crippen molar-refractivity contribution < 1.29 is 9.59 Å². The molecular formula is C18H24N2O2. The standard InChI is InChI=1S/C18H24N2O2/c1-2-17(21)20-11-15(14-6-4-3-5-7-14)16(12-20)18(22)19-10-13-8-9-13/h3-7,13,15-16H,2,8-12H2,1H3,(H,19,22). The molecule has 4 nitrogen and oxygen atoms in total. The fourth-order valence-corrected chi connectivity index (χ4v) is 3.23. The molecule has 2 amide bonds. The van der Waals surface area contributed by atoms with Crippen LogP contribution in [-0.4, -0.2) is 36.3 Å². The molecule has 0 spiro atoms. The van der Waals surface area contributed by atoms with Crippen molar-refractivity contribution >= 4 is 11.8 Å². The first-order valence-corrected chi connectivity index (χ1v) is 8.29. The van der Waals surface area contributed by atoms with E-state index in [4.69, 9.17) is 0 Å². The summed E-state index contributed by atoms with van der Waals surface area (Å²) in [5, 5.41) is 3.09. The van der Waals surface area contributed by atoms with Gasteiger partial charge in [-0.2, -0.15) is 0 Å². The molecule has 4 heteroatoms. The maximum absolute atomic E-state index is 12.6. The summed E-state index contributed by atoms with van der Waals surface area (Å²) in [6.45, 7) is 3.86. The van der Waals surface area contributed by atoms with Gasteiger partial charge in [0.05, 0.1) is 5.92 Å². The van der Waals surface area contributed by atoms with E-state index in [2.05, 4.69) is 17.4 Å². The lowest BCUT2D eigenvalue weighted by Gasteiger charge is -2.18. The molecule has 1 aliphatic heterocycles. The van der Waals surface area contributed by atoms with Gasteiger partial charge in [0.25, 0.3) is 0 Å². The van der Waals surface area contributed by atoms with Crippen molar-refractivity contribution in [3.05, 3.63) is 35.9 Å². The molecule has 1 aliphatic carbocycles. The van der Waals surface area contributed by atoms with E-state index in [1.807, 2.05) is 30.0 Å². The van der Waals surface area contributed by atoms with Crippen LogP contribution in [0.2, 0.25) is 0 Å². The SMILES string of the molecule is CCC(=O)N1CC(C(=O)NCC2CC2)C(c2ccccc2)C1. The third-order valence-corrected chi connectivity index (χ3v) is 4.80. The Balaban J connectivity index is 1.73. The van der Waals surface area contributed by atoms with E-state index < -0.39 is 0 Å². The van der Waals surface area contributed by atoms with Crippen LogP contribution in [0.25, 0.3) is 0 Å². The van der Waals surface area contributed by atoms with Gasteiger partial charge in [0, 0.05) is 32.0 Å². The van der Waals surface area contributed by atoms with E-state index in [0.29, 0.717) is 25.4 Å². The second-order valence-electron chi connectivity index (χ2n) is 6.46. The van der Waals surface area contributed by atoms with Gasteiger partial charge in [0.2, 0.25) is 11.8 Å². The summed E-state index contributed by atoms with van der Waals surface area (Å²) in [5.74, 6) is 0.895. The van der Waals surface area contributed by atoms with E-state index >= 15 is 0 Å². The van der Waals surface area contributed by atoms with Crippen molar-refractivity contribution in [1.82, 2.24) is 10.2 Å². The Morgan fingerprint density at radius 2 is 1.91 bits per heavy atom. The van der Waals surface area contributed by atoms with Crippen molar-refractivity contribution in [3.63, 3.8) is 0 Å². The molecule has 1 saturated heterocycles.